The molecule has 0 aliphatic rings. The molecule has 0 unspecified atom stereocenters. The van der Waals surface area contributed by atoms with Gasteiger partial charge in [-0.2, -0.15) is 0 Å². The van der Waals surface area contributed by atoms with Gasteiger partial charge in [0.15, 0.2) is 0 Å². The van der Waals surface area contributed by atoms with Gasteiger partial charge in [-0.1, -0.05) is 0 Å². The van der Waals surface area contributed by atoms with Gasteiger partial charge in [0, 0.05) is 13.2 Å². The summed E-state index contributed by atoms with van der Waals surface area (Å²) in [6.45, 7) is 0.928. The lowest BCUT2D eigenvalue weighted by Gasteiger charge is -2.08. The molecule has 78 valence electrons. The molecule has 0 aliphatic heterocycles. The molecule has 0 saturated heterocycles. The first kappa shape index (κ1) is 10.8. The van der Waals surface area contributed by atoms with Crippen LogP contribution in [0.2, 0.25) is 0 Å². The van der Waals surface area contributed by atoms with Gasteiger partial charge in [0.05, 0.1) is 11.4 Å². The molecule has 1 aromatic rings. The molecule has 0 fully saturated rings. The third-order valence-electron chi connectivity index (χ3n) is 1.91. The van der Waals surface area contributed by atoms with E-state index in [4.69, 9.17) is 10.8 Å². The number of nitrogens with one attached hydrogen (secondary N) is 1. The van der Waals surface area contributed by atoms with Crippen molar-refractivity contribution in [1.29, 1.82) is 0 Å². The molecule has 0 aromatic heterocycles. The third-order valence-corrected chi connectivity index (χ3v) is 1.91. The minimum absolute atomic E-state index is 0.195. The summed E-state index contributed by atoms with van der Waals surface area (Å²) in [4.78, 5) is 0. The first-order valence-electron chi connectivity index (χ1n) is 4.64. The largest absolute Gasteiger partial charge is 0.397 e. The summed E-state index contributed by atoms with van der Waals surface area (Å²) in [6, 6.07) is 4.27. The SMILES string of the molecule is Nc1cc(F)ccc1NCCCCO. The maximum Gasteiger partial charge on any atom is 0.125 e. The molecule has 3 nitrogen and oxygen atoms in total. The van der Waals surface area contributed by atoms with Crippen molar-refractivity contribution in [3.05, 3.63) is 24.0 Å². The second kappa shape index (κ2) is 5.44. The van der Waals surface area contributed by atoms with Crippen molar-refractivity contribution in [3.63, 3.8) is 0 Å². The maximum atomic E-state index is 12.6. The minimum Gasteiger partial charge on any atom is -0.397 e. The fraction of sp³-hybridized carbons (Fsp3) is 0.400. The minimum atomic E-state index is -0.330. The van der Waals surface area contributed by atoms with Crippen molar-refractivity contribution < 1.29 is 9.50 Å². The summed E-state index contributed by atoms with van der Waals surface area (Å²) in [7, 11) is 0. The van der Waals surface area contributed by atoms with Crippen LogP contribution >= 0.6 is 0 Å². The second-order valence-electron chi connectivity index (χ2n) is 3.09. The standard InChI is InChI=1S/C10H15FN2O/c11-8-3-4-10(9(12)7-8)13-5-1-2-6-14/h3-4,7,13-14H,1-2,5-6,12H2. The van der Waals surface area contributed by atoms with Crippen molar-refractivity contribution in [1.82, 2.24) is 0 Å². The van der Waals surface area contributed by atoms with Crippen LogP contribution in [0.15, 0.2) is 18.2 Å². The number of nitrogens with two attached hydrogens (primary N) is 1. The normalized spacial score (nSPS) is 10.1. The summed E-state index contributed by atoms with van der Waals surface area (Å²) in [6.07, 6.45) is 1.63. The zero-order valence-corrected chi connectivity index (χ0v) is 7.96. The number of hydrogen-bond donors (Lipinski definition) is 3. The Labute approximate surface area is 82.7 Å². The molecule has 0 spiro atoms. The Morgan fingerprint density at radius 1 is 1.36 bits per heavy atom. The quantitative estimate of drug-likeness (QED) is 0.497. The molecule has 0 radical (unpaired) electrons. The lowest BCUT2D eigenvalue weighted by atomic mass is 10.2. The Kier molecular flexibility index (Phi) is 4.19. The molecule has 1 rings (SSSR count). The van der Waals surface area contributed by atoms with Crippen molar-refractivity contribution in [2.45, 2.75) is 12.8 Å². The zero-order chi connectivity index (χ0) is 10.4. The Bertz CT molecular complexity index is 291. The number of unbranched alkanes of at least 4 members (excludes halogenated alkanes) is 1. The van der Waals surface area contributed by atoms with Gasteiger partial charge in [0.2, 0.25) is 0 Å². The van der Waals surface area contributed by atoms with Crippen LogP contribution in [0, 0.1) is 5.82 Å². The predicted molar refractivity (Wildman–Crippen MR) is 55.6 cm³/mol. The van der Waals surface area contributed by atoms with E-state index in [2.05, 4.69) is 5.32 Å². The van der Waals surface area contributed by atoms with Crippen LogP contribution in [0.3, 0.4) is 0 Å². The zero-order valence-electron chi connectivity index (χ0n) is 7.96. The average Bonchev–Trinajstić information content (AvgIpc) is 2.15. The highest BCUT2D eigenvalue weighted by Gasteiger charge is 1.99. The van der Waals surface area contributed by atoms with E-state index in [0.29, 0.717) is 5.69 Å². The molecule has 0 saturated carbocycles. The molecule has 4 heteroatoms. The van der Waals surface area contributed by atoms with Gasteiger partial charge in [0.1, 0.15) is 5.82 Å². The first-order valence-corrected chi connectivity index (χ1v) is 4.64. The maximum absolute atomic E-state index is 12.6. The number of aliphatic hydroxyl groups is 1. The van der Waals surface area contributed by atoms with Gasteiger partial charge >= 0.3 is 0 Å². The Morgan fingerprint density at radius 3 is 2.79 bits per heavy atom. The Hall–Kier alpha value is -1.29. The van der Waals surface area contributed by atoms with Gasteiger partial charge in [0.25, 0.3) is 0 Å². The lowest BCUT2D eigenvalue weighted by Crippen LogP contribution is -2.05. The summed E-state index contributed by atoms with van der Waals surface area (Å²) in [5.74, 6) is -0.330. The average molecular weight is 198 g/mol. The Balaban J connectivity index is 2.42. The van der Waals surface area contributed by atoms with Crippen LogP contribution in [-0.4, -0.2) is 18.3 Å². The molecule has 4 N–H and O–H groups in total. The number of anilines is 2. The highest BCUT2D eigenvalue weighted by molar-refractivity contribution is 5.65. The second-order valence-corrected chi connectivity index (χ2v) is 3.09. The number of rotatable bonds is 5. The molecular formula is C10H15FN2O. The van der Waals surface area contributed by atoms with Crippen molar-refractivity contribution in [2.75, 3.05) is 24.2 Å². The van der Waals surface area contributed by atoms with Gasteiger partial charge in [-0.05, 0) is 31.0 Å². The number of hydrogen-bond acceptors (Lipinski definition) is 3. The summed E-state index contributed by atoms with van der Waals surface area (Å²) < 4.78 is 12.6. The summed E-state index contributed by atoms with van der Waals surface area (Å²) in [5, 5.41) is 11.6. The number of aliphatic hydroxyl groups excluding tert-OH is 1. The van der Waals surface area contributed by atoms with Crippen LogP contribution in [0.25, 0.3) is 0 Å². The van der Waals surface area contributed by atoms with Crippen LogP contribution in [0.5, 0.6) is 0 Å². The molecule has 0 aliphatic carbocycles. The molecule has 0 heterocycles. The van der Waals surface area contributed by atoms with Crippen molar-refractivity contribution >= 4 is 11.4 Å². The van der Waals surface area contributed by atoms with E-state index < -0.39 is 0 Å². The van der Waals surface area contributed by atoms with E-state index >= 15 is 0 Å². The van der Waals surface area contributed by atoms with Gasteiger partial charge < -0.3 is 16.2 Å². The molecule has 0 bridgehead atoms. The smallest absolute Gasteiger partial charge is 0.125 e. The van der Waals surface area contributed by atoms with Gasteiger partial charge in [-0.15, -0.1) is 0 Å². The molecule has 0 atom stereocenters. The molecule has 14 heavy (non-hydrogen) atoms. The predicted octanol–water partition coefficient (Wildman–Crippen LogP) is 1.59. The molecule has 0 amide bonds. The van der Waals surface area contributed by atoms with Crippen molar-refractivity contribution in [2.24, 2.45) is 0 Å². The highest BCUT2D eigenvalue weighted by atomic mass is 19.1. The van der Waals surface area contributed by atoms with Crippen molar-refractivity contribution in [3.8, 4) is 0 Å². The molecular weight excluding hydrogens is 183 g/mol. The van der Waals surface area contributed by atoms with E-state index in [9.17, 15) is 4.39 Å². The fourth-order valence-corrected chi connectivity index (χ4v) is 1.15. The fourth-order valence-electron chi connectivity index (χ4n) is 1.15. The summed E-state index contributed by atoms with van der Waals surface area (Å²) in [5.41, 5.74) is 6.74. The number of nitrogen functional groups attached to an aromatic ring is 1. The summed E-state index contributed by atoms with van der Waals surface area (Å²) >= 11 is 0. The van der Waals surface area contributed by atoms with E-state index in [1.54, 1.807) is 6.07 Å². The topological polar surface area (TPSA) is 58.3 Å². The van der Waals surface area contributed by atoms with Crippen LogP contribution < -0.4 is 11.1 Å². The van der Waals surface area contributed by atoms with E-state index in [0.717, 1.165) is 25.1 Å². The molecule has 1 aromatic carbocycles. The first-order chi connectivity index (χ1) is 6.74. The van der Waals surface area contributed by atoms with E-state index in [1.165, 1.54) is 12.1 Å². The van der Waals surface area contributed by atoms with Crippen LogP contribution in [0.4, 0.5) is 15.8 Å². The lowest BCUT2D eigenvalue weighted by molar-refractivity contribution is 0.286. The third kappa shape index (κ3) is 3.22. The number of benzene rings is 1. The Morgan fingerprint density at radius 2 is 2.14 bits per heavy atom. The highest BCUT2D eigenvalue weighted by Crippen LogP contribution is 2.18. The van der Waals surface area contributed by atoms with E-state index in [1.807, 2.05) is 0 Å². The monoisotopic (exact) mass is 198 g/mol. The van der Waals surface area contributed by atoms with Crippen LogP contribution in [0.1, 0.15) is 12.8 Å². The van der Waals surface area contributed by atoms with Gasteiger partial charge in [-0.25, -0.2) is 4.39 Å². The van der Waals surface area contributed by atoms with E-state index in [-0.39, 0.29) is 12.4 Å². The number of halogens is 1. The van der Waals surface area contributed by atoms with Crippen LogP contribution in [-0.2, 0) is 0 Å². The van der Waals surface area contributed by atoms with Gasteiger partial charge in [-0.3, -0.25) is 0 Å².